The Kier molecular flexibility index (Phi) is 5.21. The minimum atomic E-state index is -0.280. The van der Waals surface area contributed by atoms with Crippen molar-refractivity contribution in [3.8, 4) is 11.5 Å². The molecule has 21 heavy (non-hydrogen) atoms. The highest BCUT2D eigenvalue weighted by atomic mass is 35.5. The molecule has 1 N–H and O–H groups in total. The average molecular weight is 308 g/mol. The predicted octanol–water partition coefficient (Wildman–Crippen LogP) is 5.08. The lowest BCUT2D eigenvalue weighted by Gasteiger charge is -2.14. The summed E-state index contributed by atoms with van der Waals surface area (Å²) in [6.07, 6.45) is 0. The van der Waals surface area contributed by atoms with E-state index in [4.69, 9.17) is 16.3 Å². The number of rotatable bonds is 5. The fraction of sp³-hybridized carbons (Fsp3) is 0.294. The largest absolute Gasteiger partial charge is 0.455 e. The van der Waals surface area contributed by atoms with Crippen molar-refractivity contribution in [3.63, 3.8) is 0 Å². The molecule has 2 aromatic rings. The van der Waals surface area contributed by atoms with Crippen LogP contribution in [-0.2, 0) is 6.54 Å². The molecule has 0 aliphatic heterocycles. The normalized spacial score (nSPS) is 11.0. The summed E-state index contributed by atoms with van der Waals surface area (Å²) in [5, 5.41) is 3.80. The van der Waals surface area contributed by atoms with Crippen LogP contribution in [-0.4, -0.2) is 6.04 Å². The van der Waals surface area contributed by atoms with E-state index in [2.05, 4.69) is 5.32 Å². The van der Waals surface area contributed by atoms with Crippen LogP contribution >= 0.6 is 11.6 Å². The molecule has 0 spiro atoms. The molecule has 0 saturated heterocycles. The standard InChI is InChI=1S/C17H19ClFNO/c1-11(2)20-10-13-9-14(19)5-7-16(13)21-17-6-4-12(3)8-15(17)18/h4-9,11,20H,10H2,1-3H3. The Bertz CT molecular complexity index is 628. The number of benzene rings is 2. The van der Waals surface area contributed by atoms with Crippen LogP contribution in [0.4, 0.5) is 4.39 Å². The summed E-state index contributed by atoms with van der Waals surface area (Å²) in [6, 6.07) is 10.4. The Morgan fingerprint density at radius 2 is 1.86 bits per heavy atom. The number of aryl methyl sites for hydroxylation is 1. The van der Waals surface area contributed by atoms with E-state index in [9.17, 15) is 4.39 Å². The van der Waals surface area contributed by atoms with Crippen molar-refractivity contribution < 1.29 is 9.13 Å². The van der Waals surface area contributed by atoms with Gasteiger partial charge in [-0.3, -0.25) is 0 Å². The molecule has 112 valence electrons. The van der Waals surface area contributed by atoms with Gasteiger partial charge in [0.15, 0.2) is 0 Å². The van der Waals surface area contributed by atoms with Gasteiger partial charge in [0.05, 0.1) is 5.02 Å². The number of nitrogens with one attached hydrogen (secondary N) is 1. The molecule has 0 saturated carbocycles. The quantitative estimate of drug-likeness (QED) is 0.832. The molecular weight excluding hydrogens is 289 g/mol. The summed E-state index contributed by atoms with van der Waals surface area (Å²) in [5.41, 5.74) is 1.83. The van der Waals surface area contributed by atoms with Gasteiger partial charge < -0.3 is 10.1 Å². The zero-order chi connectivity index (χ0) is 15.4. The van der Waals surface area contributed by atoms with Gasteiger partial charge in [0.25, 0.3) is 0 Å². The third-order valence-electron chi connectivity index (χ3n) is 3.03. The molecule has 0 heterocycles. The average Bonchev–Trinajstić information content (AvgIpc) is 2.41. The van der Waals surface area contributed by atoms with E-state index in [1.165, 1.54) is 12.1 Å². The minimum absolute atomic E-state index is 0.280. The highest BCUT2D eigenvalue weighted by Crippen LogP contribution is 2.32. The number of halogens is 2. The lowest BCUT2D eigenvalue weighted by atomic mass is 10.1. The summed E-state index contributed by atoms with van der Waals surface area (Å²) in [4.78, 5) is 0. The van der Waals surface area contributed by atoms with Crippen LogP contribution < -0.4 is 10.1 Å². The topological polar surface area (TPSA) is 21.3 Å². The minimum Gasteiger partial charge on any atom is -0.455 e. The molecule has 0 amide bonds. The van der Waals surface area contributed by atoms with Gasteiger partial charge in [-0.15, -0.1) is 0 Å². The lowest BCUT2D eigenvalue weighted by Crippen LogP contribution is -2.22. The second-order valence-corrected chi connectivity index (χ2v) is 5.73. The van der Waals surface area contributed by atoms with Crippen molar-refractivity contribution in [2.24, 2.45) is 0 Å². The van der Waals surface area contributed by atoms with Gasteiger partial charge in [0.2, 0.25) is 0 Å². The van der Waals surface area contributed by atoms with Crippen molar-refractivity contribution in [1.82, 2.24) is 5.32 Å². The molecule has 0 atom stereocenters. The number of hydrogen-bond donors (Lipinski definition) is 1. The molecule has 0 unspecified atom stereocenters. The van der Waals surface area contributed by atoms with Gasteiger partial charge in [-0.05, 0) is 42.8 Å². The first-order chi connectivity index (χ1) is 9.95. The molecule has 4 heteroatoms. The highest BCUT2D eigenvalue weighted by molar-refractivity contribution is 6.32. The molecule has 0 aromatic heterocycles. The Morgan fingerprint density at radius 3 is 2.52 bits per heavy atom. The van der Waals surface area contributed by atoms with Gasteiger partial charge in [-0.25, -0.2) is 4.39 Å². The predicted molar refractivity (Wildman–Crippen MR) is 84.6 cm³/mol. The maximum Gasteiger partial charge on any atom is 0.146 e. The van der Waals surface area contributed by atoms with Crippen molar-refractivity contribution in [1.29, 1.82) is 0 Å². The van der Waals surface area contributed by atoms with Crippen LogP contribution in [0.5, 0.6) is 11.5 Å². The fourth-order valence-corrected chi connectivity index (χ4v) is 2.18. The maximum absolute atomic E-state index is 13.4. The van der Waals surface area contributed by atoms with Crippen molar-refractivity contribution in [2.75, 3.05) is 0 Å². The number of ether oxygens (including phenoxy) is 1. The van der Waals surface area contributed by atoms with Crippen molar-refractivity contribution in [3.05, 3.63) is 58.4 Å². The first-order valence-corrected chi connectivity index (χ1v) is 7.29. The van der Waals surface area contributed by atoms with Gasteiger partial charge in [0, 0.05) is 18.2 Å². The van der Waals surface area contributed by atoms with E-state index in [0.29, 0.717) is 29.1 Å². The number of hydrogen-bond acceptors (Lipinski definition) is 2. The molecule has 0 fully saturated rings. The molecule has 0 aliphatic carbocycles. The van der Waals surface area contributed by atoms with E-state index in [1.807, 2.05) is 39.0 Å². The van der Waals surface area contributed by atoms with Crippen LogP contribution in [0.15, 0.2) is 36.4 Å². The van der Waals surface area contributed by atoms with E-state index < -0.39 is 0 Å². The molecule has 0 aliphatic rings. The first-order valence-electron chi connectivity index (χ1n) is 6.91. The molecular formula is C17H19ClFNO. The lowest BCUT2D eigenvalue weighted by molar-refractivity contribution is 0.466. The third-order valence-corrected chi connectivity index (χ3v) is 3.33. The summed E-state index contributed by atoms with van der Waals surface area (Å²) in [5.74, 6) is 0.896. The van der Waals surface area contributed by atoms with Crippen LogP contribution in [0, 0.1) is 12.7 Å². The Hall–Kier alpha value is -1.58. The van der Waals surface area contributed by atoms with Crippen molar-refractivity contribution >= 4 is 11.6 Å². The van der Waals surface area contributed by atoms with Gasteiger partial charge in [-0.2, -0.15) is 0 Å². The molecule has 2 aromatic carbocycles. The maximum atomic E-state index is 13.4. The summed E-state index contributed by atoms with van der Waals surface area (Å²) >= 11 is 6.18. The van der Waals surface area contributed by atoms with E-state index in [-0.39, 0.29) is 5.82 Å². The summed E-state index contributed by atoms with van der Waals surface area (Å²) < 4.78 is 19.3. The van der Waals surface area contributed by atoms with E-state index in [0.717, 1.165) is 11.1 Å². The third kappa shape index (κ3) is 4.45. The summed E-state index contributed by atoms with van der Waals surface area (Å²) in [7, 11) is 0. The zero-order valence-electron chi connectivity index (χ0n) is 12.4. The Labute approximate surface area is 129 Å². The van der Waals surface area contributed by atoms with E-state index in [1.54, 1.807) is 6.07 Å². The second-order valence-electron chi connectivity index (χ2n) is 5.32. The van der Waals surface area contributed by atoms with Gasteiger partial charge in [0.1, 0.15) is 17.3 Å². The van der Waals surface area contributed by atoms with Crippen LogP contribution in [0.2, 0.25) is 5.02 Å². The SMILES string of the molecule is Cc1ccc(Oc2ccc(F)cc2CNC(C)C)c(Cl)c1. The smallest absolute Gasteiger partial charge is 0.146 e. The van der Waals surface area contributed by atoms with Gasteiger partial charge in [-0.1, -0.05) is 31.5 Å². The van der Waals surface area contributed by atoms with Crippen LogP contribution in [0.1, 0.15) is 25.0 Å². The van der Waals surface area contributed by atoms with Crippen molar-refractivity contribution in [2.45, 2.75) is 33.4 Å². The first kappa shape index (κ1) is 15.8. The fourth-order valence-electron chi connectivity index (χ4n) is 1.91. The zero-order valence-corrected chi connectivity index (χ0v) is 13.2. The molecule has 0 radical (unpaired) electrons. The van der Waals surface area contributed by atoms with Crippen LogP contribution in [0.25, 0.3) is 0 Å². The summed E-state index contributed by atoms with van der Waals surface area (Å²) in [6.45, 7) is 6.58. The highest BCUT2D eigenvalue weighted by Gasteiger charge is 2.09. The Balaban J connectivity index is 2.26. The molecule has 2 rings (SSSR count). The van der Waals surface area contributed by atoms with E-state index >= 15 is 0 Å². The Morgan fingerprint density at radius 1 is 1.14 bits per heavy atom. The monoisotopic (exact) mass is 307 g/mol. The molecule has 2 nitrogen and oxygen atoms in total. The molecule has 0 bridgehead atoms. The van der Waals surface area contributed by atoms with Gasteiger partial charge >= 0.3 is 0 Å². The van der Waals surface area contributed by atoms with Crippen LogP contribution in [0.3, 0.4) is 0 Å². The second kappa shape index (κ2) is 6.92.